The zero-order valence-corrected chi connectivity index (χ0v) is 10.2. The second kappa shape index (κ2) is 6.75. The highest BCUT2D eigenvalue weighted by molar-refractivity contribution is 5.77. The van der Waals surface area contributed by atoms with Crippen molar-refractivity contribution in [1.82, 2.24) is 4.90 Å². The smallest absolute Gasteiger partial charge is 0.260 e. The molecule has 94 valence electrons. The minimum atomic E-state index is -0.0988. The zero-order valence-electron chi connectivity index (χ0n) is 10.2. The van der Waals surface area contributed by atoms with Crippen LogP contribution in [0.1, 0.15) is 0 Å². The number of hydrogen-bond acceptors (Lipinski definition) is 4. The van der Waals surface area contributed by atoms with Crippen molar-refractivity contribution < 1.29 is 14.3 Å². The second-order valence-corrected chi connectivity index (χ2v) is 3.57. The van der Waals surface area contributed by atoms with E-state index in [0.717, 1.165) is 0 Å². The molecule has 1 rings (SSSR count). The van der Waals surface area contributed by atoms with Gasteiger partial charge in [0.05, 0.1) is 7.11 Å². The van der Waals surface area contributed by atoms with Crippen LogP contribution in [0.25, 0.3) is 0 Å². The molecule has 0 aliphatic rings. The predicted octanol–water partition coefficient (Wildman–Crippen LogP) is 0.491. The lowest BCUT2D eigenvalue weighted by molar-refractivity contribution is -0.131. The number of amides is 1. The third-order valence-corrected chi connectivity index (χ3v) is 2.29. The SMILES string of the molecule is COc1cccc(OCC(=O)N(C)CCN)c1. The Morgan fingerprint density at radius 1 is 1.41 bits per heavy atom. The molecule has 0 spiro atoms. The van der Waals surface area contributed by atoms with Crippen LogP contribution in [0.3, 0.4) is 0 Å². The Morgan fingerprint density at radius 3 is 2.76 bits per heavy atom. The summed E-state index contributed by atoms with van der Waals surface area (Å²) in [6.45, 7) is 0.978. The highest BCUT2D eigenvalue weighted by Crippen LogP contribution is 2.18. The van der Waals surface area contributed by atoms with Crippen LogP contribution in [0.15, 0.2) is 24.3 Å². The number of hydrogen-bond donors (Lipinski definition) is 1. The van der Waals surface area contributed by atoms with Crippen LogP contribution in [0.4, 0.5) is 0 Å². The van der Waals surface area contributed by atoms with E-state index in [1.54, 1.807) is 31.2 Å². The predicted molar refractivity (Wildman–Crippen MR) is 65.2 cm³/mol. The van der Waals surface area contributed by atoms with Gasteiger partial charge in [-0.05, 0) is 12.1 Å². The van der Waals surface area contributed by atoms with Crippen LogP contribution in [0, 0.1) is 0 Å². The van der Waals surface area contributed by atoms with Crippen molar-refractivity contribution >= 4 is 5.91 Å². The number of nitrogens with two attached hydrogens (primary N) is 1. The van der Waals surface area contributed by atoms with Crippen molar-refractivity contribution in [2.24, 2.45) is 5.73 Å². The molecule has 0 radical (unpaired) electrons. The van der Waals surface area contributed by atoms with E-state index in [4.69, 9.17) is 15.2 Å². The van der Waals surface area contributed by atoms with Crippen LogP contribution in [0.5, 0.6) is 11.5 Å². The van der Waals surface area contributed by atoms with E-state index < -0.39 is 0 Å². The average Bonchev–Trinajstić information content (AvgIpc) is 2.36. The third kappa shape index (κ3) is 4.32. The van der Waals surface area contributed by atoms with Crippen molar-refractivity contribution in [3.05, 3.63) is 24.3 Å². The number of rotatable bonds is 6. The molecule has 1 amide bonds. The summed E-state index contributed by atoms with van der Waals surface area (Å²) in [4.78, 5) is 13.1. The van der Waals surface area contributed by atoms with E-state index in [1.807, 2.05) is 12.1 Å². The first kappa shape index (κ1) is 13.3. The van der Waals surface area contributed by atoms with Crippen molar-refractivity contribution in [2.45, 2.75) is 0 Å². The van der Waals surface area contributed by atoms with Gasteiger partial charge >= 0.3 is 0 Å². The molecular weight excluding hydrogens is 220 g/mol. The first-order valence-corrected chi connectivity index (χ1v) is 5.38. The van der Waals surface area contributed by atoms with Crippen LogP contribution in [-0.4, -0.2) is 44.7 Å². The Morgan fingerprint density at radius 2 is 2.12 bits per heavy atom. The summed E-state index contributed by atoms with van der Waals surface area (Å²) in [5.74, 6) is 1.21. The monoisotopic (exact) mass is 238 g/mol. The Bertz CT molecular complexity index is 369. The lowest BCUT2D eigenvalue weighted by atomic mass is 10.3. The van der Waals surface area contributed by atoms with Gasteiger partial charge in [-0.15, -0.1) is 0 Å². The fraction of sp³-hybridized carbons (Fsp3) is 0.417. The molecule has 0 aliphatic carbocycles. The number of ether oxygens (including phenoxy) is 2. The number of carbonyl (C=O) groups is 1. The van der Waals surface area contributed by atoms with Crippen LogP contribution in [-0.2, 0) is 4.79 Å². The van der Waals surface area contributed by atoms with Gasteiger partial charge in [-0.25, -0.2) is 0 Å². The molecule has 1 aromatic rings. The number of likely N-dealkylation sites (N-methyl/N-ethyl adjacent to an activating group) is 1. The molecule has 0 saturated carbocycles. The summed E-state index contributed by atoms with van der Waals surface area (Å²) in [6, 6.07) is 7.13. The summed E-state index contributed by atoms with van der Waals surface area (Å²) in [5, 5.41) is 0. The summed E-state index contributed by atoms with van der Waals surface area (Å²) in [7, 11) is 3.28. The second-order valence-electron chi connectivity index (χ2n) is 3.57. The fourth-order valence-electron chi connectivity index (χ4n) is 1.26. The highest BCUT2D eigenvalue weighted by atomic mass is 16.5. The third-order valence-electron chi connectivity index (χ3n) is 2.29. The number of methoxy groups -OCH3 is 1. The quantitative estimate of drug-likeness (QED) is 0.783. The first-order valence-electron chi connectivity index (χ1n) is 5.38. The maximum absolute atomic E-state index is 11.6. The number of carbonyl (C=O) groups excluding carboxylic acids is 1. The maximum Gasteiger partial charge on any atom is 0.260 e. The van der Waals surface area contributed by atoms with Gasteiger partial charge in [-0.2, -0.15) is 0 Å². The molecule has 0 aromatic heterocycles. The lowest BCUT2D eigenvalue weighted by Gasteiger charge is -2.16. The van der Waals surface area contributed by atoms with E-state index in [9.17, 15) is 4.79 Å². The van der Waals surface area contributed by atoms with Crippen molar-refractivity contribution in [3.8, 4) is 11.5 Å². The van der Waals surface area contributed by atoms with E-state index in [0.29, 0.717) is 24.6 Å². The first-order chi connectivity index (χ1) is 8.17. The topological polar surface area (TPSA) is 64.8 Å². The molecule has 0 atom stereocenters. The molecule has 0 heterocycles. The number of nitrogens with zero attached hydrogens (tertiary/aromatic N) is 1. The van der Waals surface area contributed by atoms with Crippen molar-refractivity contribution in [2.75, 3.05) is 33.9 Å². The van der Waals surface area contributed by atoms with Gasteiger partial charge in [0.15, 0.2) is 6.61 Å². The molecule has 0 fully saturated rings. The van der Waals surface area contributed by atoms with Gasteiger partial charge in [-0.1, -0.05) is 6.07 Å². The Kier molecular flexibility index (Phi) is 5.29. The average molecular weight is 238 g/mol. The molecule has 5 heteroatoms. The highest BCUT2D eigenvalue weighted by Gasteiger charge is 2.08. The Hall–Kier alpha value is -1.75. The molecule has 1 aromatic carbocycles. The van der Waals surface area contributed by atoms with E-state index in [1.165, 1.54) is 0 Å². The molecule has 0 bridgehead atoms. The molecule has 2 N–H and O–H groups in total. The van der Waals surface area contributed by atoms with Crippen LogP contribution in [0.2, 0.25) is 0 Å². The van der Waals surface area contributed by atoms with Gasteiger partial charge in [0.2, 0.25) is 0 Å². The van der Waals surface area contributed by atoms with E-state index in [-0.39, 0.29) is 12.5 Å². The Labute approximate surface area is 101 Å². The van der Waals surface area contributed by atoms with Crippen LogP contribution >= 0.6 is 0 Å². The van der Waals surface area contributed by atoms with Crippen LogP contribution < -0.4 is 15.2 Å². The molecule has 0 saturated heterocycles. The molecule has 17 heavy (non-hydrogen) atoms. The minimum Gasteiger partial charge on any atom is -0.497 e. The van der Waals surface area contributed by atoms with Gasteiger partial charge in [0.1, 0.15) is 11.5 Å². The van der Waals surface area contributed by atoms with Gasteiger partial charge in [0.25, 0.3) is 5.91 Å². The van der Waals surface area contributed by atoms with Gasteiger partial charge in [-0.3, -0.25) is 4.79 Å². The summed E-state index contributed by atoms with van der Waals surface area (Å²) in [5.41, 5.74) is 5.36. The van der Waals surface area contributed by atoms with E-state index in [2.05, 4.69) is 0 Å². The maximum atomic E-state index is 11.6. The fourth-order valence-corrected chi connectivity index (χ4v) is 1.26. The van der Waals surface area contributed by atoms with Gasteiger partial charge < -0.3 is 20.1 Å². The molecule has 5 nitrogen and oxygen atoms in total. The van der Waals surface area contributed by atoms with Gasteiger partial charge in [0, 0.05) is 26.2 Å². The Balaban J connectivity index is 2.46. The summed E-state index contributed by atoms with van der Waals surface area (Å²) < 4.78 is 10.4. The summed E-state index contributed by atoms with van der Waals surface area (Å²) in [6.07, 6.45) is 0. The minimum absolute atomic E-state index is 0.00364. The number of benzene rings is 1. The normalized spacial score (nSPS) is 9.82. The lowest BCUT2D eigenvalue weighted by Crippen LogP contribution is -2.35. The molecule has 0 unspecified atom stereocenters. The van der Waals surface area contributed by atoms with E-state index >= 15 is 0 Å². The summed E-state index contributed by atoms with van der Waals surface area (Å²) >= 11 is 0. The zero-order chi connectivity index (χ0) is 12.7. The molecular formula is C12H18N2O3. The largest absolute Gasteiger partial charge is 0.497 e. The standard InChI is InChI=1S/C12H18N2O3/c1-14(7-6-13)12(15)9-17-11-5-3-4-10(8-11)16-2/h3-5,8H,6-7,9,13H2,1-2H3. The van der Waals surface area contributed by atoms with Crippen molar-refractivity contribution in [3.63, 3.8) is 0 Å². The van der Waals surface area contributed by atoms with Crippen molar-refractivity contribution in [1.29, 1.82) is 0 Å². The molecule has 0 aliphatic heterocycles.